The zero-order chi connectivity index (χ0) is 25.4. The average Bonchev–Trinajstić information content (AvgIpc) is 3.49. The first-order valence-electron chi connectivity index (χ1n) is 11.6. The molecule has 186 valence electrons. The Balaban J connectivity index is 1.58. The van der Waals surface area contributed by atoms with E-state index in [1.165, 1.54) is 10.7 Å². The van der Waals surface area contributed by atoms with Crippen molar-refractivity contribution in [3.63, 3.8) is 0 Å². The zero-order valence-electron chi connectivity index (χ0n) is 20.0. The number of hydrazine groups is 1. The summed E-state index contributed by atoms with van der Waals surface area (Å²) in [7, 11) is 0. The first-order chi connectivity index (χ1) is 17.3. The number of aryl methyl sites for hydroxylation is 1. The summed E-state index contributed by atoms with van der Waals surface area (Å²) in [5, 5.41) is 17.8. The van der Waals surface area contributed by atoms with Crippen molar-refractivity contribution in [3.8, 4) is 11.6 Å². The Bertz CT molecular complexity index is 1480. The Morgan fingerprint density at radius 3 is 2.64 bits per heavy atom. The first-order valence-corrected chi connectivity index (χ1v) is 11.6. The van der Waals surface area contributed by atoms with Gasteiger partial charge in [0.05, 0.1) is 17.1 Å². The van der Waals surface area contributed by atoms with Gasteiger partial charge < -0.3 is 15.8 Å². The number of allylic oxidation sites excluding steroid dienone is 3. The number of alkyl halides is 2. The average molecular weight is 493 g/mol. The highest BCUT2D eigenvalue weighted by atomic mass is 19.3. The molecule has 9 nitrogen and oxygen atoms in total. The number of imidazole rings is 1. The summed E-state index contributed by atoms with van der Waals surface area (Å²) in [4.78, 5) is 9.23. The molecular formula is C25H26F2N8O. The van der Waals surface area contributed by atoms with Crippen LogP contribution in [0, 0.1) is 0 Å². The normalized spacial score (nSPS) is 14.3. The van der Waals surface area contributed by atoms with E-state index in [1.54, 1.807) is 25.4 Å². The molecule has 0 fully saturated rings. The highest BCUT2D eigenvalue weighted by molar-refractivity contribution is 5.81. The molecule has 0 bridgehead atoms. The monoisotopic (exact) mass is 492 g/mol. The van der Waals surface area contributed by atoms with Crippen molar-refractivity contribution < 1.29 is 13.9 Å². The second-order valence-corrected chi connectivity index (χ2v) is 8.51. The van der Waals surface area contributed by atoms with Gasteiger partial charge in [0, 0.05) is 22.6 Å². The molecule has 0 spiro atoms. The summed E-state index contributed by atoms with van der Waals surface area (Å²) >= 11 is 0. The summed E-state index contributed by atoms with van der Waals surface area (Å²) in [5.74, 6) is 1.60. The van der Waals surface area contributed by atoms with Gasteiger partial charge >= 0.3 is 0 Å². The number of rotatable bonds is 7. The van der Waals surface area contributed by atoms with Crippen LogP contribution in [0.1, 0.15) is 50.3 Å². The van der Waals surface area contributed by atoms with Crippen molar-refractivity contribution in [2.75, 3.05) is 5.32 Å². The van der Waals surface area contributed by atoms with Crippen LogP contribution in [0.2, 0.25) is 0 Å². The highest BCUT2D eigenvalue weighted by Gasteiger charge is 2.21. The number of fused-ring (bicyclic) bond motifs is 1. The van der Waals surface area contributed by atoms with E-state index in [9.17, 15) is 13.9 Å². The number of aliphatic hydroxyl groups is 1. The number of halogens is 2. The number of nitrogens with zero attached hydrogens (tertiary/aromatic N) is 5. The van der Waals surface area contributed by atoms with Crippen LogP contribution >= 0.6 is 0 Å². The van der Waals surface area contributed by atoms with Gasteiger partial charge in [-0.15, -0.1) is 0 Å². The molecule has 1 aliphatic rings. The third-order valence-corrected chi connectivity index (χ3v) is 5.90. The van der Waals surface area contributed by atoms with Crippen LogP contribution in [-0.2, 0) is 6.42 Å². The molecule has 0 amide bonds. The van der Waals surface area contributed by atoms with E-state index < -0.39 is 12.5 Å². The minimum atomic E-state index is -2.71. The third kappa shape index (κ3) is 4.40. The lowest BCUT2D eigenvalue weighted by molar-refractivity contribution is 0.145. The quantitative estimate of drug-likeness (QED) is 0.303. The fourth-order valence-corrected chi connectivity index (χ4v) is 4.02. The van der Waals surface area contributed by atoms with E-state index in [0.29, 0.717) is 29.3 Å². The number of pyridine rings is 1. The summed E-state index contributed by atoms with van der Waals surface area (Å²) in [6.07, 6.45) is 2.43. The topological polar surface area (TPSA) is 105 Å². The Morgan fingerprint density at radius 2 is 1.94 bits per heavy atom. The van der Waals surface area contributed by atoms with Crippen molar-refractivity contribution in [1.82, 2.24) is 35.2 Å². The third-order valence-electron chi connectivity index (χ3n) is 5.90. The molecule has 1 unspecified atom stereocenters. The van der Waals surface area contributed by atoms with Gasteiger partial charge in [-0.3, -0.25) is 9.99 Å². The molecule has 4 heterocycles. The maximum Gasteiger partial charge on any atom is 0.282 e. The second-order valence-electron chi connectivity index (χ2n) is 8.51. The van der Waals surface area contributed by atoms with Gasteiger partial charge in [0.1, 0.15) is 23.7 Å². The van der Waals surface area contributed by atoms with E-state index in [-0.39, 0.29) is 5.69 Å². The lowest BCUT2D eigenvalue weighted by atomic mass is 10.1. The predicted octanol–water partition coefficient (Wildman–Crippen LogP) is 4.42. The summed E-state index contributed by atoms with van der Waals surface area (Å²) in [6, 6.07) is 10.6. The minimum Gasteiger partial charge on any atom is -0.389 e. The SMILES string of the molecule is CCc1cc(C(F)F)nn1-c1nc(-n2cnc3ccc(NC4=CC=C(C)NN4)cc32)ccc1C(C)O. The van der Waals surface area contributed by atoms with E-state index >= 15 is 0 Å². The maximum atomic E-state index is 13.4. The lowest BCUT2D eigenvalue weighted by Crippen LogP contribution is -2.34. The molecule has 5 rings (SSSR count). The van der Waals surface area contributed by atoms with Crippen molar-refractivity contribution in [3.05, 3.63) is 83.3 Å². The molecular weight excluding hydrogens is 466 g/mol. The molecule has 4 N–H and O–H groups in total. The Morgan fingerprint density at radius 1 is 1.11 bits per heavy atom. The van der Waals surface area contributed by atoms with Crippen LogP contribution in [0.3, 0.4) is 0 Å². The molecule has 0 radical (unpaired) electrons. The van der Waals surface area contributed by atoms with Gasteiger partial charge in [0.2, 0.25) is 0 Å². The molecule has 0 saturated carbocycles. The van der Waals surface area contributed by atoms with E-state index in [4.69, 9.17) is 4.98 Å². The summed E-state index contributed by atoms with van der Waals surface area (Å²) < 4.78 is 30.0. The van der Waals surface area contributed by atoms with Gasteiger partial charge in [0.15, 0.2) is 5.82 Å². The smallest absolute Gasteiger partial charge is 0.282 e. The van der Waals surface area contributed by atoms with Crippen molar-refractivity contribution in [1.29, 1.82) is 0 Å². The Kier molecular flexibility index (Phi) is 6.15. The van der Waals surface area contributed by atoms with E-state index in [1.807, 2.05) is 48.8 Å². The predicted molar refractivity (Wildman–Crippen MR) is 133 cm³/mol. The number of anilines is 1. The molecule has 0 saturated heterocycles. The number of aliphatic hydroxyl groups excluding tert-OH is 1. The second kappa shape index (κ2) is 9.42. The number of hydrogen-bond donors (Lipinski definition) is 4. The Labute approximate surface area is 206 Å². The van der Waals surface area contributed by atoms with E-state index in [2.05, 4.69) is 26.3 Å². The number of hydrogen-bond acceptors (Lipinski definition) is 7. The van der Waals surface area contributed by atoms with Gasteiger partial charge in [-0.2, -0.15) is 5.10 Å². The Hall–Kier alpha value is -4.25. The van der Waals surface area contributed by atoms with Crippen LogP contribution in [0.4, 0.5) is 14.5 Å². The van der Waals surface area contributed by atoms with E-state index in [0.717, 1.165) is 28.2 Å². The summed E-state index contributed by atoms with van der Waals surface area (Å²) in [5.41, 5.74) is 10.2. The van der Waals surface area contributed by atoms with Crippen LogP contribution in [0.15, 0.2) is 66.4 Å². The lowest BCUT2D eigenvalue weighted by Gasteiger charge is -2.18. The number of nitrogens with one attached hydrogen (secondary N) is 3. The zero-order valence-corrected chi connectivity index (χ0v) is 20.0. The van der Waals surface area contributed by atoms with Crippen molar-refractivity contribution in [2.45, 2.75) is 39.7 Å². The van der Waals surface area contributed by atoms with Crippen LogP contribution in [0.5, 0.6) is 0 Å². The maximum absolute atomic E-state index is 13.4. The molecule has 1 aromatic carbocycles. The fourth-order valence-electron chi connectivity index (χ4n) is 4.02. The largest absolute Gasteiger partial charge is 0.389 e. The van der Waals surface area contributed by atoms with Gasteiger partial charge in [-0.1, -0.05) is 6.92 Å². The van der Waals surface area contributed by atoms with Crippen molar-refractivity contribution >= 4 is 16.7 Å². The van der Waals surface area contributed by atoms with Gasteiger partial charge in [-0.05, 0) is 68.8 Å². The molecule has 1 aliphatic heterocycles. The molecule has 36 heavy (non-hydrogen) atoms. The minimum absolute atomic E-state index is 0.298. The standard InChI is InChI=1S/C25H26F2N8O/c1-4-17-12-20(24(26)27)33-35(17)25-18(15(3)36)7-10-23(30-25)34-13-28-19-8-6-16(11-21(19)34)29-22-9-5-14(2)31-32-22/h5-13,15,24,29,31-32,36H,4H2,1-3H3. The molecule has 4 aromatic rings. The fraction of sp³-hybridized carbons (Fsp3) is 0.240. The molecule has 11 heteroatoms. The molecule has 0 aliphatic carbocycles. The van der Waals surface area contributed by atoms with Gasteiger partial charge in [-0.25, -0.2) is 23.4 Å². The van der Waals surface area contributed by atoms with Crippen LogP contribution < -0.4 is 16.2 Å². The van der Waals surface area contributed by atoms with Crippen molar-refractivity contribution in [2.24, 2.45) is 0 Å². The highest BCUT2D eigenvalue weighted by Crippen LogP contribution is 2.28. The number of aromatic nitrogens is 5. The van der Waals surface area contributed by atoms with Crippen LogP contribution in [-0.4, -0.2) is 29.4 Å². The summed E-state index contributed by atoms with van der Waals surface area (Å²) in [6.45, 7) is 5.42. The van der Waals surface area contributed by atoms with Crippen LogP contribution in [0.25, 0.3) is 22.7 Å². The molecule has 1 atom stereocenters. The van der Waals surface area contributed by atoms with Gasteiger partial charge in [0.25, 0.3) is 6.43 Å². The molecule has 3 aromatic heterocycles. The number of benzene rings is 1. The first kappa shape index (κ1) is 23.5.